The summed E-state index contributed by atoms with van der Waals surface area (Å²) >= 11 is 2.02. The van der Waals surface area contributed by atoms with Crippen molar-refractivity contribution >= 4 is 24.2 Å². The van der Waals surface area contributed by atoms with E-state index in [0.717, 1.165) is 37.2 Å². The Balaban J connectivity index is 0.00000182. The molecule has 1 aromatic carbocycles. The Morgan fingerprint density at radius 3 is 2.80 bits per heavy atom. The Kier molecular flexibility index (Phi) is 6.13. The van der Waals surface area contributed by atoms with E-state index in [2.05, 4.69) is 22.9 Å². The molecule has 2 atom stereocenters. The fourth-order valence-electron chi connectivity index (χ4n) is 4.33. The zero-order chi connectivity index (χ0) is 16.5. The van der Waals surface area contributed by atoms with Gasteiger partial charge in [-0.15, -0.1) is 12.4 Å². The van der Waals surface area contributed by atoms with Crippen LogP contribution in [0.5, 0.6) is 0 Å². The lowest BCUT2D eigenvalue weighted by molar-refractivity contribution is 0.338. The van der Waals surface area contributed by atoms with E-state index in [1.165, 1.54) is 29.1 Å². The molecule has 1 aromatic heterocycles. The summed E-state index contributed by atoms with van der Waals surface area (Å²) in [6.45, 7) is 4.55. The summed E-state index contributed by atoms with van der Waals surface area (Å²) in [6, 6.07) is 9.92. The van der Waals surface area contributed by atoms with Crippen LogP contribution in [0.1, 0.15) is 37.1 Å². The SMILES string of the molecule is CCC(C1CCNC1)n1c(-c2ccc(F)cc2)cc2c1CCSC2.Cl. The lowest BCUT2D eigenvalue weighted by atomic mass is 9.95. The maximum Gasteiger partial charge on any atom is 0.123 e. The van der Waals surface area contributed by atoms with Gasteiger partial charge in [-0.2, -0.15) is 11.8 Å². The molecule has 2 nitrogen and oxygen atoms in total. The molecule has 2 aliphatic rings. The van der Waals surface area contributed by atoms with Crippen LogP contribution in [-0.4, -0.2) is 23.4 Å². The van der Waals surface area contributed by atoms with Gasteiger partial charge in [0, 0.05) is 23.2 Å². The van der Waals surface area contributed by atoms with Crippen LogP contribution in [0.2, 0.25) is 0 Å². The molecule has 1 N–H and O–H groups in total. The van der Waals surface area contributed by atoms with Crippen molar-refractivity contribution < 1.29 is 4.39 Å². The molecule has 3 heterocycles. The highest BCUT2D eigenvalue weighted by Gasteiger charge is 2.30. The second kappa shape index (κ2) is 8.15. The van der Waals surface area contributed by atoms with Crippen LogP contribution in [0.3, 0.4) is 0 Å². The van der Waals surface area contributed by atoms with Crippen LogP contribution in [0.25, 0.3) is 11.3 Å². The van der Waals surface area contributed by atoms with Gasteiger partial charge in [0.2, 0.25) is 0 Å². The number of nitrogens with one attached hydrogen (secondary N) is 1. The second-order valence-electron chi connectivity index (χ2n) is 6.91. The number of nitrogens with zero attached hydrogens (tertiary/aromatic N) is 1. The number of hydrogen-bond acceptors (Lipinski definition) is 2. The van der Waals surface area contributed by atoms with Crippen LogP contribution in [0.4, 0.5) is 4.39 Å². The van der Waals surface area contributed by atoms with Crippen LogP contribution in [0, 0.1) is 11.7 Å². The number of aromatic nitrogens is 1. The summed E-state index contributed by atoms with van der Waals surface area (Å²) in [4.78, 5) is 0. The fourth-order valence-corrected chi connectivity index (χ4v) is 5.28. The molecule has 0 saturated carbocycles. The highest BCUT2D eigenvalue weighted by Crippen LogP contribution is 2.39. The van der Waals surface area contributed by atoms with Crippen LogP contribution in [-0.2, 0) is 12.2 Å². The van der Waals surface area contributed by atoms with E-state index < -0.39 is 0 Å². The van der Waals surface area contributed by atoms with E-state index in [-0.39, 0.29) is 18.2 Å². The molecule has 0 amide bonds. The molecule has 25 heavy (non-hydrogen) atoms. The molecule has 0 aliphatic carbocycles. The predicted molar refractivity (Wildman–Crippen MR) is 107 cm³/mol. The smallest absolute Gasteiger partial charge is 0.123 e. The van der Waals surface area contributed by atoms with Crippen molar-refractivity contribution in [1.29, 1.82) is 0 Å². The highest BCUT2D eigenvalue weighted by molar-refractivity contribution is 7.98. The van der Waals surface area contributed by atoms with Gasteiger partial charge in [-0.25, -0.2) is 4.39 Å². The van der Waals surface area contributed by atoms with E-state index in [9.17, 15) is 4.39 Å². The Bertz CT molecular complexity index is 707. The lowest BCUT2D eigenvalue weighted by Gasteiger charge is -2.29. The summed E-state index contributed by atoms with van der Waals surface area (Å²) < 4.78 is 16.0. The van der Waals surface area contributed by atoms with Crippen molar-refractivity contribution in [2.24, 2.45) is 5.92 Å². The van der Waals surface area contributed by atoms with Gasteiger partial charge in [0.25, 0.3) is 0 Å². The van der Waals surface area contributed by atoms with Crippen molar-refractivity contribution in [2.45, 2.75) is 38.0 Å². The molecule has 2 unspecified atom stereocenters. The number of hydrogen-bond donors (Lipinski definition) is 1. The first-order valence-electron chi connectivity index (χ1n) is 9.05. The van der Waals surface area contributed by atoms with E-state index in [4.69, 9.17) is 0 Å². The first kappa shape index (κ1) is 18.8. The molecule has 2 aliphatic heterocycles. The third-order valence-electron chi connectivity index (χ3n) is 5.51. The first-order valence-corrected chi connectivity index (χ1v) is 10.2. The van der Waals surface area contributed by atoms with Gasteiger partial charge in [0.05, 0.1) is 0 Å². The summed E-state index contributed by atoms with van der Waals surface area (Å²) in [7, 11) is 0. The van der Waals surface area contributed by atoms with Gasteiger partial charge in [0.15, 0.2) is 0 Å². The summed E-state index contributed by atoms with van der Waals surface area (Å²) in [5.74, 6) is 2.85. The molecular formula is C20H26ClFN2S. The lowest BCUT2D eigenvalue weighted by Crippen LogP contribution is -2.24. The van der Waals surface area contributed by atoms with Gasteiger partial charge in [-0.1, -0.05) is 6.92 Å². The predicted octanol–water partition coefficient (Wildman–Crippen LogP) is 5.07. The number of halogens is 2. The second-order valence-corrected chi connectivity index (χ2v) is 8.01. The van der Waals surface area contributed by atoms with E-state index >= 15 is 0 Å². The van der Waals surface area contributed by atoms with Crippen LogP contribution < -0.4 is 5.32 Å². The average Bonchev–Trinajstić information content (AvgIpc) is 3.25. The topological polar surface area (TPSA) is 17.0 Å². The maximum atomic E-state index is 13.4. The van der Waals surface area contributed by atoms with Gasteiger partial charge < -0.3 is 9.88 Å². The third-order valence-corrected chi connectivity index (χ3v) is 6.51. The Labute approximate surface area is 160 Å². The van der Waals surface area contributed by atoms with Crippen molar-refractivity contribution in [1.82, 2.24) is 9.88 Å². The third kappa shape index (κ3) is 3.62. The zero-order valence-corrected chi connectivity index (χ0v) is 16.3. The number of rotatable bonds is 4. The molecule has 136 valence electrons. The van der Waals surface area contributed by atoms with Crippen molar-refractivity contribution in [3.63, 3.8) is 0 Å². The fraction of sp³-hybridized carbons (Fsp3) is 0.500. The molecule has 4 rings (SSSR count). The molecule has 0 bridgehead atoms. The Hall–Kier alpha value is -0.970. The van der Waals surface area contributed by atoms with Gasteiger partial charge in [-0.3, -0.25) is 0 Å². The van der Waals surface area contributed by atoms with Gasteiger partial charge >= 0.3 is 0 Å². The van der Waals surface area contributed by atoms with Crippen molar-refractivity contribution in [2.75, 3.05) is 18.8 Å². The first-order chi connectivity index (χ1) is 11.8. The van der Waals surface area contributed by atoms with E-state index in [0.29, 0.717) is 12.0 Å². The molecular weight excluding hydrogens is 355 g/mol. The summed E-state index contributed by atoms with van der Waals surface area (Å²) in [5.41, 5.74) is 5.42. The molecule has 1 fully saturated rings. The van der Waals surface area contributed by atoms with Gasteiger partial charge in [-0.05, 0) is 85.5 Å². The zero-order valence-electron chi connectivity index (χ0n) is 14.6. The van der Waals surface area contributed by atoms with Crippen LogP contribution in [0.15, 0.2) is 30.3 Å². The molecule has 2 aromatic rings. The van der Waals surface area contributed by atoms with E-state index in [1.807, 2.05) is 23.9 Å². The van der Waals surface area contributed by atoms with Crippen molar-refractivity contribution in [3.05, 3.63) is 47.4 Å². The minimum Gasteiger partial charge on any atom is -0.341 e. The largest absolute Gasteiger partial charge is 0.341 e. The highest BCUT2D eigenvalue weighted by atomic mass is 35.5. The monoisotopic (exact) mass is 380 g/mol. The summed E-state index contributed by atoms with van der Waals surface area (Å²) in [5, 5.41) is 3.53. The molecule has 0 radical (unpaired) electrons. The average molecular weight is 381 g/mol. The quantitative estimate of drug-likeness (QED) is 0.797. The molecule has 0 spiro atoms. The number of fused-ring (bicyclic) bond motifs is 1. The van der Waals surface area contributed by atoms with Gasteiger partial charge in [0.1, 0.15) is 5.82 Å². The normalized spacial score (nSPS) is 20.8. The maximum absolute atomic E-state index is 13.4. The van der Waals surface area contributed by atoms with E-state index in [1.54, 1.807) is 12.1 Å². The summed E-state index contributed by atoms with van der Waals surface area (Å²) in [6.07, 6.45) is 3.55. The number of thioether (sulfide) groups is 1. The molecule has 1 saturated heterocycles. The minimum atomic E-state index is -0.163. The Morgan fingerprint density at radius 1 is 1.32 bits per heavy atom. The number of benzene rings is 1. The standard InChI is InChI=1S/C20H25FN2S.ClH/c1-2-18(15-7-9-22-12-15)23-19-8-10-24-13-16(19)11-20(23)14-3-5-17(21)6-4-14;/h3-6,11,15,18,22H,2,7-10,12-13H2,1H3;1H. The van der Waals surface area contributed by atoms with Crippen molar-refractivity contribution in [3.8, 4) is 11.3 Å². The minimum absolute atomic E-state index is 0. The van der Waals surface area contributed by atoms with Crippen LogP contribution >= 0.6 is 24.2 Å². The Morgan fingerprint density at radius 2 is 2.12 bits per heavy atom. The molecule has 5 heteroatoms.